The molecule has 1 aliphatic rings. The first-order chi connectivity index (χ1) is 11.2. The van der Waals surface area contributed by atoms with Gasteiger partial charge < -0.3 is 9.88 Å². The van der Waals surface area contributed by atoms with Crippen molar-refractivity contribution in [1.82, 2.24) is 20.1 Å². The highest BCUT2D eigenvalue weighted by atomic mass is 32.2. The number of hydrogen-bond acceptors (Lipinski definition) is 4. The fourth-order valence-corrected chi connectivity index (χ4v) is 3.62. The third kappa shape index (κ3) is 4.13. The average molecular weight is 330 g/mol. The van der Waals surface area contributed by atoms with Gasteiger partial charge in [-0.1, -0.05) is 25.1 Å². The van der Waals surface area contributed by atoms with Gasteiger partial charge in [-0.15, -0.1) is 22.0 Å². The Morgan fingerprint density at radius 3 is 3.00 bits per heavy atom. The molecule has 0 radical (unpaired) electrons. The van der Waals surface area contributed by atoms with Crippen LogP contribution >= 0.6 is 11.8 Å². The number of carbonyl (C=O) groups is 1. The topological polar surface area (TPSA) is 59.8 Å². The van der Waals surface area contributed by atoms with Gasteiger partial charge in [0.05, 0.1) is 0 Å². The zero-order valence-corrected chi connectivity index (χ0v) is 14.2. The molecule has 0 fully saturated rings. The highest BCUT2D eigenvalue weighted by Crippen LogP contribution is 2.20. The maximum absolute atomic E-state index is 12.2. The lowest BCUT2D eigenvalue weighted by molar-refractivity contribution is -0.123. The molecule has 1 amide bonds. The lowest BCUT2D eigenvalue weighted by atomic mass is 10.2. The van der Waals surface area contributed by atoms with E-state index in [0.717, 1.165) is 43.2 Å². The van der Waals surface area contributed by atoms with Crippen LogP contribution in [-0.2, 0) is 24.2 Å². The second-order valence-electron chi connectivity index (χ2n) is 5.85. The van der Waals surface area contributed by atoms with Crippen LogP contribution in [0.2, 0.25) is 0 Å². The number of aryl methyl sites for hydroxylation is 1. The minimum absolute atomic E-state index is 0.00989. The summed E-state index contributed by atoms with van der Waals surface area (Å²) in [7, 11) is 0. The maximum atomic E-state index is 12.2. The van der Waals surface area contributed by atoms with E-state index in [-0.39, 0.29) is 11.8 Å². The largest absolute Gasteiger partial charge is 0.355 e. The number of nitrogens with zero attached hydrogens (tertiary/aromatic N) is 3. The van der Waals surface area contributed by atoms with Gasteiger partial charge in [0.2, 0.25) is 5.91 Å². The standard InChI is InChI=1S/C17H22N4OS/c1-13(12-23-14-6-3-2-4-7-14)17(22)18-10-9-16-20-19-15-8-5-11-21(15)16/h2-4,6-7,13H,5,8-12H2,1H3,(H,18,22)/t13-/m0/s1. The van der Waals surface area contributed by atoms with Gasteiger partial charge in [-0.3, -0.25) is 4.79 Å². The molecular formula is C17H22N4OS. The van der Waals surface area contributed by atoms with Crippen LogP contribution in [0.4, 0.5) is 0 Å². The van der Waals surface area contributed by atoms with Gasteiger partial charge in [0.15, 0.2) is 0 Å². The predicted molar refractivity (Wildman–Crippen MR) is 91.4 cm³/mol. The van der Waals surface area contributed by atoms with Gasteiger partial charge in [0, 0.05) is 42.5 Å². The molecule has 3 rings (SSSR count). The van der Waals surface area contributed by atoms with Crippen molar-refractivity contribution in [2.75, 3.05) is 12.3 Å². The lowest BCUT2D eigenvalue weighted by Gasteiger charge is -2.12. The molecule has 1 N–H and O–H groups in total. The summed E-state index contributed by atoms with van der Waals surface area (Å²) in [5, 5.41) is 11.4. The number of benzene rings is 1. The summed E-state index contributed by atoms with van der Waals surface area (Å²) in [6, 6.07) is 10.2. The van der Waals surface area contributed by atoms with Crippen molar-refractivity contribution in [1.29, 1.82) is 0 Å². The molecule has 1 atom stereocenters. The van der Waals surface area contributed by atoms with Crippen molar-refractivity contribution in [2.45, 2.75) is 37.6 Å². The SMILES string of the molecule is C[C@@H](CSc1ccccc1)C(=O)NCCc1nnc2n1CCC2. The van der Waals surface area contributed by atoms with E-state index in [2.05, 4.69) is 32.2 Å². The molecule has 2 heterocycles. The van der Waals surface area contributed by atoms with Gasteiger partial charge in [-0.05, 0) is 18.6 Å². The monoisotopic (exact) mass is 330 g/mol. The summed E-state index contributed by atoms with van der Waals surface area (Å²) in [5.74, 6) is 2.96. The Hall–Kier alpha value is -1.82. The molecule has 6 heteroatoms. The predicted octanol–water partition coefficient (Wildman–Crippen LogP) is 2.31. The average Bonchev–Trinajstić information content (AvgIpc) is 3.18. The van der Waals surface area contributed by atoms with E-state index in [1.807, 2.05) is 25.1 Å². The number of fused-ring (bicyclic) bond motifs is 1. The number of hydrogen-bond donors (Lipinski definition) is 1. The zero-order valence-electron chi connectivity index (χ0n) is 13.4. The molecule has 0 aliphatic carbocycles. The van der Waals surface area contributed by atoms with Gasteiger partial charge in [0.25, 0.3) is 0 Å². The van der Waals surface area contributed by atoms with Crippen LogP contribution < -0.4 is 5.32 Å². The van der Waals surface area contributed by atoms with Crippen LogP contribution in [0.1, 0.15) is 25.0 Å². The van der Waals surface area contributed by atoms with E-state index in [0.29, 0.717) is 6.54 Å². The normalized spacial score (nSPS) is 14.5. The smallest absolute Gasteiger partial charge is 0.223 e. The van der Waals surface area contributed by atoms with Crippen molar-refractivity contribution in [3.63, 3.8) is 0 Å². The summed E-state index contributed by atoms with van der Waals surface area (Å²) in [5.41, 5.74) is 0. The van der Waals surface area contributed by atoms with Crippen LogP contribution in [0.5, 0.6) is 0 Å². The minimum Gasteiger partial charge on any atom is -0.355 e. The van der Waals surface area contributed by atoms with E-state index in [1.54, 1.807) is 11.8 Å². The molecular weight excluding hydrogens is 308 g/mol. The van der Waals surface area contributed by atoms with E-state index >= 15 is 0 Å². The summed E-state index contributed by atoms with van der Waals surface area (Å²) in [6.07, 6.45) is 2.92. The number of rotatable bonds is 7. The summed E-state index contributed by atoms with van der Waals surface area (Å²) in [4.78, 5) is 13.4. The van der Waals surface area contributed by atoms with Crippen LogP contribution in [0.25, 0.3) is 0 Å². The Bertz CT molecular complexity index is 656. The molecule has 0 saturated heterocycles. The van der Waals surface area contributed by atoms with Crippen molar-refractivity contribution < 1.29 is 4.79 Å². The highest BCUT2D eigenvalue weighted by Gasteiger charge is 2.17. The number of thioether (sulfide) groups is 1. The third-order valence-corrected chi connectivity index (χ3v) is 5.30. The summed E-state index contributed by atoms with van der Waals surface area (Å²) < 4.78 is 2.18. The molecule has 23 heavy (non-hydrogen) atoms. The minimum atomic E-state index is -0.00989. The fraction of sp³-hybridized carbons (Fsp3) is 0.471. The van der Waals surface area contributed by atoms with Crippen molar-refractivity contribution >= 4 is 17.7 Å². The first-order valence-corrected chi connectivity index (χ1v) is 9.09. The molecule has 1 aromatic carbocycles. The highest BCUT2D eigenvalue weighted by molar-refractivity contribution is 7.99. The fourth-order valence-electron chi connectivity index (χ4n) is 2.68. The van der Waals surface area contributed by atoms with Gasteiger partial charge in [-0.25, -0.2) is 0 Å². The Morgan fingerprint density at radius 1 is 1.35 bits per heavy atom. The second kappa shape index (κ2) is 7.64. The molecule has 0 unspecified atom stereocenters. The Balaban J connectivity index is 1.40. The maximum Gasteiger partial charge on any atom is 0.223 e. The number of carbonyl (C=O) groups excluding carboxylic acids is 1. The lowest BCUT2D eigenvalue weighted by Crippen LogP contribution is -2.32. The second-order valence-corrected chi connectivity index (χ2v) is 6.95. The zero-order chi connectivity index (χ0) is 16.1. The van der Waals surface area contributed by atoms with E-state index < -0.39 is 0 Å². The van der Waals surface area contributed by atoms with Gasteiger partial charge in [-0.2, -0.15) is 0 Å². The van der Waals surface area contributed by atoms with E-state index in [1.165, 1.54) is 4.90 Å². The number of nitrogens with one attached hydrogen (secondary N) is 1. The molecule has 0 bridgehead atoms. The van der Waals surface area contributed by atoms with Crippen LogP contribution in [0.15, 0.2) is 35.2 Å². The Labute approximate surface area is 140 Å². The number of amides is 1. The summed E-state index contributed by atoms with van der Waals surface area (Å²) in [6.45, 7) is 3.60. The number of aromatic nitrogens is 3. The quantitative estimate of drug-likeness (QED) is 0.792. The first-order valence-electron chi connectivity index (χ1n) is 8.10. The molecule has 122 valence electrons. The van der Waals surface area contributed by atoms with Crippen LogP contribution in [0.3, 0.4) is 0 Å². The van der Waals surface area contributed by atoms with Crippen molar-refractivity contribution in [3.8, 4) is 0 Å². The van der Waals surface area contributed by atoms with Crippen molar-refractivity contribution in [2.24, 2.45) is 5.92 Å². The third-order valence-electron chi connectivity index (χ3n) is 4.02. The molecule has 1 aromatic heterocycles. The van der Waals surface area contributed by atoms with E-state index in [9.17, 15) is 4.79 Å². The Morgan fingerprint density at radius 2 is 2.17 bits per heavy atom. The van der Waals surface area contributed by atoms with Crippen LogP contribution in [0, 0.1) is 5.92 Å². The summed E-state index contributed by atoms with van der Waals surface area (Å²) >= 11 is 1.72. The van der Waals surface area contributed by atoms with Crippen LogP contribution in [-0.4, -0.2) is 33.0 Å². The molecule has 5 nitrogen and oxygen atoms in total. The molecule has 0 saturated carbocycles. The molecule has 2 aromatic rings. The van der Waals surface area contributed by atoms with Gasteiger partial charge >= 0.3 is 0 Å². The molecule has 1 aliphatic heterocycles. The van der Waals surface area contributed by atoms with Crippen molar-refractivity contribution in [3.05, 3.63) is 42.0 Å². The first kappa shape index (κ1) is 16.1. The Kier molecular flexibility index (Phi) is 5.33. The van der Waals surface area contributed by atoms with Gasteiger partial charge in [0.1, 0.15) is 11.6 Å². The molecule has 0 spiro atoms. The van der Waals surface area contributed by atoms with E-state index in [4.69, 9.17) is 0 Å².